The summed E-state index contributed by atoms with van der Waals surface area (Å²) >= 11 is 12.9. The lowest BCUT2D eigenvalue weighted by atomic mass is 10.7. The van der Waals surface area contributed by atoms with Gasteiger partial charge >= 0.3 is 0 Å². The second kappa shape index (κ2) is 3.16. The topological polar surface area (TPSA) is 9.23 Å². The van der Waals surface area contributed by atoms with Gasteiger partial charge in [-0.15, -0.1) is 0 Å². The highest BCUT2D eigenvalue weighted by atomic mass is 35.5. The summed E-state index contributed by atoms with van der Waals surface area (Å²) in [6.07, 6.45) is 0. The standard InChI is InChI=1S/C4H6Cl2OS/c5-3-1-8-2-4(6)7-3/h3-4H,1-2H2. The van der Waals surface area contributed by atoms with Gasteiger partial charge in [0.15, 0.2) is 0 Å². The second-order valence-electron chi connectivity index (χ2n) is 1.49. The molecule has 0 saturated carbocycles. The molecule has 1 rings (SSSR count). The minimum Gasteiger partial charge on any atom is -0.342 e. The van der Waals surface area contributed by atoms with Crippen LogP contribution in [0.15, 0.2) is 0 Å². The molecule has 1 heterocycles. The molecule has 0 aliphatic carbocycles. The highest BCUT2D eigenvalue weighted by Gasteiger charge is 2.17. The summed E-state index contributed by atoms with van der Waals surface area (Å²) in [5.74, 6) is 1.70. The molecule has 0 amide bonds. The molecule has 1 aliphatic rings. The zero-order valence-electron chi connectivity index (χ0n) is 4.14. The first-order valence-electron chi connectivity index (χ1n) is 2.30. The van der Waals surface area contributed by atoms with Crippen LogP contribution in [0.3, 0.4) is 0 Å². The fourth-order valence-corrected chi connectivity index (χ4v) is 1.99. The number of alkyl halides is 2. The lowest BCUT2D eigenvalue weighted by molar-refractivity contribution is 0.103. The van der Waals surface area contributed by atoms with Crippen LogP contribution in [-0.2, 0) is 4.74 Å². The zero-order chi connectivity index (χ0) is 5.98. The summed E-state index contributed by atoms with van der Waals surface area (Å²) in [4.78, 5) is 0. The molecule has 0 aromatic rings. The Labute approximate surface area is 62.7 Å². The Bertz CT molecular complexity index is 72.4. The average Bonchev–Trinajstić information content (AvgIpc) is 1.64. The Kier molecular flexibility index (Phi) is 2.76. The number of hydrogen-bond acceptors (Lipinski definition) is 2. The van der Waals surface area contributed by atoms with E-state index in [2.05, 4.69) is 0 Å². The van der Waals surface area contributed by atoms with Crippen LogP contribution >= 0.6 is 35.0 Å². The zero-order valence-corrected chi connectivity index (χ0v) is 6.47. The normalized spacial score (nSPS) is 39.8. The van der Waals surface area contributed by atoms with Crippen LogP contribution in [0.25, 0.3) is 0 Å². The van der Waals surface area contributed by atoms with Crippen LogP contribution in [0.5, 0.6) is 0 Å². The lowest BCUT2D eigenvalue weighted by Gasteiger charge is -2.20. The molecule has 0 aromatic heterocycles. The van der Waals surface area contributed by atoms with Gasteiger partial charge in [0.25, 0.3) is 0 Å². The molecule has 4 heteroatoms. The summed E-state index contributed by atoms with van der Waals surface area (Å²) in [5.41, 5.74) is -0.368. The molecular formula is C4H6Cl2OS. The van der Waals surface area contributed by atoms with E-state index in [0.717, 1.165) is 11.5 Å². The maximum absolute atomic E-state index is 5.58. The number of hydrogen-bond donors (Lipinski definition) is 0. The van der Waals surface area contributed by atoms with Crippen molar-refractivity contribution in [2.75, 3.05) is 11.5 Å². The minimum atomic E-state index is -0.184. The third-order valence-corrected chi connectivity index (χ3v) is 2.75. The third kappa shape index (κ3) is 2.02. The Morgan fingerprint density at radius 1 is 1.25 bits per heavy atom. The van der Waals surface area contributed by atoms with Crippen molar-refractivity contribution in [1.82, 2.24) is 0 Å². The van der Waals surface area contributed by atoms with Crippen molar-refractivity contribution >= 4 is 35.0 Å². The number of thioether (sulfide) groups is 1. The fraction of sp³-hybridized carbons (Fsp3) is 1.00. The van der Waals surface area contributed by atoms with Crippen LogP contribution in [-0.4, -0.2) is 22.6 Å². The molecule has 48 valence electrons. The summed E-state index contributed by atoms with van der Waals surface area (Å²) < 4.78 is 5.00. The Morgan fingerprint density at radius 3 is 2.00 bits per heavy atom. The van der Waals surface area contributed by atoms with Gasteiger partial charge in [0.05, 0.1) is 0 Å². The number of rotatable bonds is 0. The van der Waals surface area contributed by atoms with Gasteiger partial charge in [0.1, 0.15) is 11.1 Å². The van der Waals surface area contributed by atoms with Gasteiger partial charge in [-0.2, -0.15) is 11.8 Å². The smallest absolute Gasteiger partial charge is 0.142 e. The number of ether oxygens (including phenoxy) is 1. The average molecular weight is 173 g/mol. The number of halogens is 2. The lowest BCUT2D eigenvalue weighted by Crippen LogP contribution is -2.23. The molecular weight excluding hydrogens is 167 g/mol. The van der Waals surface area contributed by atoms with Crippen LogP contribution in [0.1, 0.15) is 0 Å². The Balaban J connectivity index is 2.23. The highest BCUT2D eigenvalue weighted by Crippen LogP contribution is 2.22. The second-order valence-corrected chi connectivity index (χ2v) is 3.54. The molecule has 0 bridgehead atoms. The van der Waals surface area contributed by atoms with Gasteiger partial charge < -0.3 is 4.74 Å². The van der Waals surface area contributed by atoms with Crippen molar-refractivity contribution in [1.29, 1.82) is 0 Å². The van der Waals surface area contributed by atoms with Crippen LogP contribution < -0.4 is 0 Å². The molecule has 1 saturated heterocycles. The van der Waals surface area contributed by atoms with E-state index in [1.165, 1.54) is 0 Å². The molecule has 2 atom stereocenters. The predicted octanol–water partition coefficient (Wildman–Crippen LogP) is 1.88. The Morgan fingerprint density at radius 2 is 1.75 bits per heavy atom. The van der Waals surface area contributed by atoms with E-state index in [1.807, 2.05) is 0 Å². The molecule has 2 unspecified atom stereocenters. The molecule has 1 fully saturated rings. The monoisotopic (exact) mass is 172 g/mol. The van der Waals surface area contributed by atoms with E-state index < -0.39 is 0 Å². The SMILES string of the molecule is ClC1CSCC(Cl)O1. The first-order valence-corrected chi connectivity index (χ1v) is 4.33. The molecule has 0 aromatic carbocycles. The van der Waals surface area contributed by atoms with Gasteiger partial charge in [-0.1, -0.05) is 23.2 Å². The fourth-order valence-electron chi connectivity index (χ4n) is 0.492. The minimum absolute atomic E-state index is 0.184. The van der Waals surface area contributed by atoms with Gasteiger partial charge in [-0.3, -0.25) is 0 Å². The maximum atomic E-state index is 5.58. The molecule has 0 N–H and O–H groups in total. The van der Waals surface area contributed by atoms with Crippen molar-refractivity contribution in [3.63, 3.8) is 0 Å². The van der Waals surface area contributed by atoms with E-state index >= 15 is 0 Å². The third-order valence-electron chi connectivity index (χ3n) is 0.793. The largest absolute Gasteiger partial charge is 0.342 e. The van der Waals surface area contributed by atoms with Crippen molar-refractivity contribution in [2.24, 2.45) is 0 Å². The van der Waals surface area contributed by atoms with Crippen molar-refractivity contribution in [2.45, 2.75) is 11.1 Å². The summed E-state index contributed by atoms with van der Waals surface area (Å²) in [5, 5.41) is 0. The maximum Gasteiger partial charge on any atom is 0.142 e. The van der Waals surface area contributed by atoms with E-state index in [9.17, 15) is 0 Å². The van der Waals surface area contributed by atoms with Gasteiger partial charge in [-0.05, 0) is 0 Å². The Hall–Kier alpha value is 0.890. The molecule has 0 radical (unpaired) electrons. The van der Waals surface area contributed by atoms with Crippen molar-refractivity contribution in [3.8, 4) is 0 Å². The first-order chi connectivity index (χ1) is 3.79. The van der Waals surface area contributed by atoms with Crippen molar-refractivity contribution < 1.29 is 4.74 Å². The van der Waals surface area contributed by atoms with Gasteiger partial charge in [-0.25, -0.2) is 0 Å². The predicted molar refractivity (Wildman–Crippen MR) is 37.7 cm³/mol. The highest BCUT2D eigenvalue weighted by molar-refractivity contribution is 7.99. The van der Waals surface area contributed by atoms with E-state index in [1.54, 1.807) is 11.8 Å². The molecule has 1 aliphatic heterocycles. The molecule has 8 heavy (non-hydrogen) atoms. The van der Waals surface area contributed by atoms with E-state index in [4.69, 9.17) is 27.9 Å². The van der Waals surface area contributed by atoms with Crippen molar-refractivity contribution in [3.05, 3.63) is 0 Å². The van der Waals surface area contributed by atoms with E-state index in [-0.39, 0.29) is 11.1 Å². The van der Waals surface area contributed by atoms with Crippen LogP contribution in [0.2, 0.25) is 0 Å². The van der Waals surface area contributed by atoms with Crippen LogP contribution in [0.4, 0.5) is 0 Å². The summed E-state index contributed by atoms with van der Waals surface area (Å²) in [6.45, 7) is 0. The van der Waals surface area contributed by atoms with Gasteiger partial charge in [0, 0.05) is 11.5 Å². The van der Waals surface area contributed by atoms with Crippen LogP contribution in [0, 0.1) is 0 Å². The first kappa shape index (κ1) is 7.00. The molecule has 0 spiro atoms. The summed E-state index contributed by atoms with van der Waals surface area (Å²) in [6, 6.07) is 0. The van der Waals surface area contributed by atoms with E-state index in [0.29, 0.717) is 0 Å². The quantitative estimate of drug-likeness (QED) is 0.517. The van der Waals surface area contributed by atoms with Gasteiger partial charge in [0.2, 0.25) is 0 Å². The summed E-state index contributed by atoms with van der Waals surface area (Å²) in [7, 11) is 0. The molecule has 1 nitrogen and oxygen atoms in total.